The number of pyridine rings is 1. The average molecular weight is 442 g/mol. The maximum absolute atomic E-state index is 12.7. The fourth-order valence-electron chi connectivity index (χ4n) is 2.84. The first kappa shape index (κ1) is 22.0. The molecule has 0 saturated heterocycles. The van der Waals surface area contributed by atoms with Crippen molar-refractivity contribution < 1.29 is 13.2 Å². The molecule has 0 bridgehead atoms. The van der Waals surface area contributed by atoms with Gasteiger partial charge in [0.1, 0.15) is 0 Å². The highest BCUT2D eigenvalue weighted by molar-refractivity contribution is 7.98. The van der Waals surface area contributed by atoms with E-state index >= 15 is 0 Å². The van der Waals surface area contributed by atoms with Crippen molar-refractivity contribution in [1.82, 2.24) is 9.71 Å². The van der Waals surface area contributed by atoms with Gasteiger partial charge in [0.15, 0.2) is 0 Å². The third-order valence-corrected chi connectivity index (χ3v) is 7.30. The number of amides is 1. The second-order valence-corrected chi connectivity index (χ2v) is 9.66. The quantitative estimate of drug-likeness (QED) is 0.538. The van der Waals surface area contributed by atoms with Gasteiger partial charge in [-0.2, -0.15) is 0 Å². The smallest absolute Gasteiger partial charge is 0.255 e. The van der Waals surface area contributed by atoms with Gasteiger partial charge in [0.05, 0.1) is 4.90 Å². The van der Waals surface area contributed by atoms with E-state index < -0.39 is 10.0 Å². The van der Waals surface area contributed by atoms with Crippen LogP contribution >= 0.6 is 11.8 Å². The fourth-order valence-corrected chi connectivity index (χ4v) is 4.73. The molecule has 3 rings (SSSR count). The number of thioether (sulfide) groups is 1. The first-order valence-electron chi connectivity index (χ1n) is 9.28. The Kier molecular flexibility index (Phi) is 6.91. The highest BCUT2D eigenvalue weighted by atomic mass is 32.2. The number of carbonyl (C=O) groups excluding carboxylic acids is 1. The Hall–Kier alpha value is -2.68. The zero-order valence-electron chi connectivity index (χ0n) is 17.0. The average Bonchev–Trinajstić information content (AvgIpc) is 2.75. The molecule has 6 nitrogen and oxygen atoms in total. The van der Waals surface area contributed by atoms with Crippen molar-refractivity contribution in [3.8, 4) is 0 Å². The number of anilines is 1. The van der Waals surface area contributed by atoms with E-state index in [-0.39, 0.29) is 10.8 Å². The van der Waals surface area contributed by atoms with Crippen LogP contribution in [-0.4, -0.2) is 26.4 Å². The SMILES string of the molecule is CNS(=O)(=O)c1cc(C(=O)Nc2ccc(SCc3cccnc3)cc2)cc(C)c1C. The second kappa shape index (κ2) is 9.42. The van der Waals surface area contributed by atoms with E-state index in [1.165, 1.54) is 13.1 Å². The van der Waals surface area contributed by atoms with Crippen LogP contribution in [0.2, 0.25) is 0 Å². The van der Waals surface area contributed by atoms with Crippen LogP contribution in [0.1, 0.15) is 27.0 Å². The summed E-state index contributed by atoms with van der Waals surface area (Å²) in [5.41, 5.74) is 3.43. The molecule has 0 radical (unpaired) electrons. The van der Waals surface area contributed by atoms with Crippen molar-refractivity contribution in [2.45, 2.75) is 29.4 Å². The number of carbonyl (C=O) groups is 1. The van der Waals surface area contributed by atoms with E-state index in [9.17, 15) is 13.2 Å². The molecule has 0 unspecified atom stereocenters. The van der Waals surface area contributed by atoms with Crippen LogP contribution in [-0.2, 0) is 15.8 Å². The largest absolute Gasteiger partial charge is 0.322 e. The number of sulfonamides is 1. The Morgan fingerprint density at radius 1 is 1.10 bits per heavy atom. The molecule has 2 aromatic carbocycles. The first-order chi connectivity index (χ1) is 14.3. The minimum Gasteiger partial charge on any atom is -0.322 e. The summed E-state index contributed by atoms with van der Waals surface area (Å²) in [5, 5.41) is 2.83. The molecular formula is C22H23N3O3S2. The summed E-state index contributed by atoms with van der Waals surface area (Å²) in [6, 6.07) is 14.6. The molecule has 3 aromatic rings. The zero-order valence-corrected chi connectivity index (χ0v) is 18.6. The highest BCUT2D eigenvalue weighted by Gasteiger charge is 2.19. The predicted molar refractivity (Wildman–Crippen MR) is 120 cm³/mol. The molecule has 1 heterocycles. The molecule has 1 amide bonds. The minimum atomic E-state index is -3.65. The van der Waals surface area contributed by atoms with Crippen LogP contribution in [0.4, 0.5) is 5.69 Å². The molecule has 0 aliphatic rings. The lowest BCUT2D eigenvalue weighted by molar-refractivity contribution is 0.102. The van der Waals surface area contributed by atoms with Gasteiger partial charge in [-0.25, -0.2) is 13.1 Å². The summed E-state index contributed by atoms with van der Waals surface area (Å²) in [6.07, 6.45) is 3.59. The van der Waals surface area contributed by atoms with Gasteiger partial charge in [0, 0.05) is 34.3 Å². The number of benzene rings is 2. The minimum absolute atomic E-state index is 0.109. The topological polar surface area (TPSA) is 88.2 Å². The normalized spacial score (nSPS) is 11.3. The van der Waals surface area contributed by atoms with Crippen LogP contribution in [0.3, 0.4) is 0 Å². The van der Waals surface area contributed by atoms with Gasteiger partial charge in [-0.05, 0) is 80.1 Å². The maximum atomic E-state index is 12.7. The molecule has 0 atom stereocenters. The fraction of sp³-hybridized carbons (Fsp3) is 0.182. The summed E-state index contributed by atoms with van der Waals surface area (Å²) in [6.45, 7) is 3.51. The highest BCUT2D eigenvalue weighted by Crippen LogP contribution is 2.25. The Morgan fingerprint density at radius 2 is 1.83 bits per heavy atom. The van der Waals surface area contributed by atoms with Crippen LogP contribution in [0.5, 0.6) is 0 Å². The number of aryl methyl sites for hydroxylation is 1. The molecule has 1 aromatic heterocycles. The predicted octanol–water partition coefficient (Wildman–Crippen LogP) is 4.15. The van der Waals surface area contributed by atoms with E-state index in [1.807, 2.05) is 42.6 Å². The number of nitrogens with zero attached hydrogens (tertiary/aromatic N) is 1. The molecule has 0 aliphatic heterocycles. The summed E-state index contributed by atoms with van der Waals surface area (Å²) in [5.74, 6) is 0.451. The second-order valence-electron chi connectivity index (χ2n) is 6.75. The first-order valence-corrected chi connectivity index (χ1v) is 11.7. The third-order valence-electron chi connectivity index (χ3n) is 4.68. The Morgan fingerprint density at radius 3 is 2.47 bits per heavy atom. The van der Waals surface area contributed by atoms with E-state index in [2.05, 4.69) is 15.0 Å². The van der Waals surface area contributed by atoms with Gasteiger partial charge < -0.3 is 5.32 Å². The Balaban J connectivity index is 1.71. The zero-order chi connectivity index (χ0) is 21.7. The maximum Gasteiger partial charge on any atom is 0.255 e. The molecule has 0 fully saturated rings. The molecule has 0 saturated carbocycles. The molecule has 8 heteroatoms. The number of aromatic nitrogens is 1. The molecule has 0 aliphatic carbocycles. The summed E-state index contributed by atoms with van der Waals surface area (Å²) in [7, 11) is -2.30. The van der Waals surface area contributed by atoms with Crippen molar-refractivity contribution >= 4 is 33.4 Å². The van der Waals surface area contributed by atoms with Crippen molar-refractivity contribution in [2.24, 2.45) is 0 Å². The van der Waals surface area contributed by atoms with Crippen LogP contribution in [0, 0.1) is 13.8 Å². The number of hydrogen-bond donors (Lipinski definition) is 2. The van der Waals surface area contributed by atoms with E-state index in [1.54, 1.807) is 37.9 Å². The lowest BCUT2D eigenvalue weighted by Crippen LogP contribution is -2.21. The standard InChI is InChI=1S/C22H23N3O3S2/c1-15-11-18(12-21(16(15)2)30(27,28)23-3)22(26)25-19-6-8-20(9-7-19)29-14-17-5-4-10-24-13-17/h4-13,23H,14H2,1-3H3,(H,25,26). The van der Waals surface area contributed by atoms with E-state index in [0.717, 1.165) is 21.8 Å². The molecule has 30 heavy (non-hydrogen) atoms. The van der Waals surface area contributed by atoms with Gasteiger partial charge in [0.2, 0.25) is 10.0 Å². The van der Waals surface area contributed by atoms with Gasteiger partial charge in [-0.3, -0.25) is 9.78 Å². The summed E-state index contributed by atoms with van der Waals surface area (Å²) in [4.78, 5) is 18.0. The van der Waals surface area contributed by atoms with Crippen molar-refractivity contribution in [2.75, 3.05) is 12.4 Å². The monoisotopic (exact) mass is 441 g/mol. The van der Waals surface area contributed by atoms with Gasteiger partial charge in [-0.15, -0.1) is 11.8 Å². The van der Waals surface area contributed by atoms with Gasteiger partial charge in [-0.1, -0.05) is 6.07 Å². The van der Waals surface area contributed by atoms with Crippen LogP contribution < -0.4 is 10.0 Å². The Bertz CT molecular complexity index is 1150. The van der Waals surface area contributed by atoms with Gasteiger partial charge >= 0.3 is 0 Å². The molecule has 0 spiro atoms. The van der Waals surface area contributed by atoms with Crippen LogP contribution in [0.25, 0.3) is 0 Å². The number of rotatable bonds is 7. The third kappa shape index (κ3) is 5.27. The van der Waals surface area contributed by atoms with Crippen molar-refractivity contribution in [3.05, 3.63) is 83.2 Å². The number of nitrogens with one attached hydrogen (secondary N) is 2. The molecule has 2 N–H and O–H groups in total. The molecular weight excluding hydrogens is 418 g/mol. The van der Waals surface area contributed by atoms with Crippen molar-refractivity contribution in [3.63, 3.8) is 0 Å². The lowest BCUT2D eigenvalue weighted by Gasteiger charge is -2.13. The lowest BCUT2D eigenvalue weighted by atomic mass is 10.1. The Labute approximate surface area is 181 Å². The van der Waals surface area contributed by atoms with Crippen molar-refractivity contribution in [1.29, 1.82) is 0 Å². The van der Waals surface area contributed by atoms with E-state index in [4.69, 9.17) is 0 Å². The summed E-state index contributed by atoms with van der Waals surface area (Å²) >= 11 is 1.68. The summed E-state index contributed by atoms with van der Waals surface area (Å²) < 4.78 is 26.8. The molecule has 156 valence electrons. The van der Waals surface area contributed by atoms with Crippen LogP contribution in [0.15, 0.2) is 70.7 Å². The number of hydrogen-bond acceptors (Lipinski definition) is 5. The van der Waals surface area contributed by atoms with Gasteiger partial charge in [0.25, 0.3) is 5.91 Å². The van der Waals surface area contributed by atoms with E-state index in [0.29, 0.717) is 16.8 Å².